The van der Waals surface area contributed by atoms with E-state index < -0.39 is 11.0 Å². The number of rotatable bonds is 3. The largest absolute Gasteiger partial charge is 0.342 e. The third-order valence-corrected chi connectivity index (χ3v) is 9.47. The van der Waals surface area contributed by atoms with Gasteiger partial charge in [-0.05, 0) is 79.4 Å². The maximum atomic E-state index is 13.1. The zero-order valence-electron chi connectivity index (χ0n) is 19.1. The van der Waals surface area contributed by atoms with Crippen molar-refractivity contribution in [3.05, 3.63) is 58.0 Å². The van der Waals surface area contributed by atoms with E-state index in [1.165, 1.54) is 11.1 Å². The monoisotopic (exact) mass is 515 g/mol. The lowest BCUT2D eigenvalue weighted by Crippen LogP contribution is -2.48. The maximum absolute atomic E-state index is 13.1. The van der Waals surface area contributed by atoms with Crippen LogP contribution in [0.2, 0.25) is 0 Å². The number of anilines is 1. The highest BCUT2D eigenvalue weighted by atomic mass is 79.9. The van der Waals surface area contributed by atoms with Crippen LogP contribution in [0, 0.1) is 12.3 Å². The maximum Gasteiger partial charge on any atom is 0.211 e. The lowest BCUT2D eigenvalue weighted by Gasteiger charge is -2.44. The fraction of sp³-hybridized carbons (Fsp3) is 0.500. The summed E-state index contributed by atoms with van der Waals surface area (Å²) in [5, 5.41) is 0. The molecule has 1 spiro atoms. The Bertz CT molecular complexity index is 1190. The van der Waals surface area contributed by atoms with E-state index in [4.69, 9.17) is 4.98 Å². The zero-order valence-corrected chi connectivity index (χ0v) is 21.5. The second-order valence-electron chi connectivity index (χ2n) is 10.1. The third-order valence-electron chi connectivity index (χ3n) is 6.98. The molecule has 170 valence electrons. The molecular formula is C24H30BrN5OS. The van der Waals surface area contributed by atoms with Crippen LogP contribution in [0.5, 0.6) is 0 Å². The Morgan fingerprint density at radius 2 is 1.94 bits per heavy atom. The van der Waals surface area contributed by atoms with E-state index >= 15 is 0 Å². The lowest BCUT2D eigenvalue weighted by molar-refractivity contribution is 0.177. The highest BCUT2D eigenvalue weighted by Gasteiger charge is 2.49. The smallest absolute Gasteiger partial charge is 0.211 e. The van der Waals surface area contributed by atoms with Gasteiger partial charge < -0.3 is 4.90 Å². The van der Waals surface area contributed by atoms with Gasteiger partial charge in [0.25, 0.3) is 0 Å². The number of aromatic nitrogens is 3. The van der Waals surface area contributed by atoms with Crippen molar-refractivity contribution in [3.63, 3.8) is 0 Å². The molecule has 2 aromatic heterocycles. The minimum Gasteiger partial charge on any atom is -0.342 e. The van der Waals surface area contributed by atoms with Crippen LogP contribution in [-0.4, -0.2) is 36.4 Å². The topological polar surface area (TPSA) is 62.5 Å². The number of halogens is 1. The molecule has 2 atom stereocenters. The Kier molecular flexibility index (Phi) is 5.46. The molecule has 5 rings (SSSR count). The van der Waals surface area contributed by atoms with Gasteiger partial charge in [0, 0.05) is 25.5 Å². The van der Waals surface area contributed by atoms with Crippen molar-refractivity contribution in [1.82, 2.24) is 19.1 Å². The van der Waals surface area contributed by atoms with Gasteiger partial charge in [-0.3, -0.25) is 4.40 Å². The predicted octanol–water partition coefficient (Wildman–Crippen LogP) is 4.74. The SMILES string of the molecule is Cc1nc(N2CCC3(CC2)Cc2ccccc2[C@H]3N[S@](=O)C(C)(C)C)n2ccnc2c1Br. The number of fused-ring (bicyclic) bond motifs is 2. The fourth-order valence-corrected chi connectivity index (χ4v) is 6.47. The number of hydrogen-bond acceptors (Lipinski definition) is 4. The van der Waals surface area contributed by atoms with E-state index in [2.05, 4.69) is 59.2 Å². The molecule has 1 aliphatic carbocycles. The second-order valence-corrected chi connectivity index (χ2v) is 12.9. The van der Waals surface area contributed by atoms with Gasteiger partial charge in [0.15, 0.2) is 5.65 Å². The Morgan fingerprint density at radius 1 is 1.22 bits per heavy atom. The summed E-state index contributed by atoms with van der Waals surface area (Å²) in [6.07, 6.45) is 6.88. The van der Waals surface area contributed by atoms with Crippen LogP contribution in [0.3, 0.4) is 0 Å². The Morgan fingerprint density at radius 3 is 2.66 bits per heavy atom. The first kappa shape index (κ1) is 22.0. The zero-order chi connectivity index (χ0) is 22.7. The van der Waals surface area contributed by atoms with E-state index in [0.29, 0.717) is 0 Å². The molecular weight excluding hydrogens is 486 g/mol. The van der Waals surface area contributed by atoms with Gasteiger partial charge in [0.2, 0.25) is 5.95 Å². The number of nitrogens with one attached hydrogen (secondary N) is 1. The summed E-state index contributed by atoms with van der Waals surface area (Å²) in [4.78, 5) is 11.8. The van der Waals surface area contributed by atoms with E-state index in [1.54, 1.807) is 0 Å². The molecule has 1 saturated heterocycles. The number of hydrogen-bond donors (Lipinski definition) is 1. The lowest BCUT2D eigenvalue weighted by atomic mass is 9.73. The van der Waals surface area contributed by atoms with E-state index in [0.717, 1.165) is 54.1 Å². The highest BCUT2D eigenvalue weighted by Crippen LogP contribution is 2.52. The quantitative estimate of drug-likeness (QED) is 0.547. The first-order valence-corrected chi connectivity index (χ1v) is 13.1. The molecule has 1 aliphatic heterocycles. The molecule has 0 saturated carbocycles. The van der Waals surface area contributed by atoms with Crippen LogP contribution in [0.1, 0.15) is 56.5 Å². The first-order chi connectivity index (χ1) is 15.2. The Labute approximate surface area is 200 Å². The predicted molar refractivity (Wildman–Crippen MR) is 133 cm³/mol. The van der Waals surface area contributed by atoms with Gasteiger partial charge in [0.1, 0.15) is 0 Å². The molecule has 1 N–H and O–H groups in total. The van der Waals surface area contributed by atoms with E-state index in [1.807, 2.05) is 40.1 Å². The highest BCUT2D eigenvalue weighted by molar-refractivity contribution is 9.10. The Balaban J connectivity index is 1.44. The first-order valence-electron chi connectivity index (χ1n) is 11.2. The van der Waals surface area contributed by atoms with Crippen LogP contribution in [-0.2, 0) is 17.4 Å². The molecule has 0 radical (unpaired) electrons. The van der Waals surface area contributed by atoms with Gasteiger partial charge in [-0.2, -0.15) is 0 Å². The molecule has 1 fully saturated rings. The van der Waals surface area contributed by atoms with Crippen LogP contribution < -0.4 is 9.62 Å². The normalized spacial score (nSPS) is 21.3. The second kappa shape index (κ2) is 7.92. The average Bonchev–Trinajstić information content (AvgIpc) is 3.35. The van der Waals surface area contributed by atoms with E-state index in [-0.39, 0.29) is 16.2 Å². The van der Waals surface area contributed by atoms with Crippen molar-refractivity contribution < 1.29 is 4.21 Å². The molecule has 0 unspecified atom stereocenters. The van der Waals surface area contributed by atoms with Gasteiger partial charge in [-0.15, -0.1) is 0 Å². The number of benzene rings is 1. The summed E-state index contributed by atoms with van der Waals surface area (Å²) in [5.41, 5.74) is 4.63. The number of nitrogens with zero attached hydrogens (tertiary/aromatic N) is 4. The molecule has 8 heteroatoms. The summed E-state index contributed by atoms with van der Waals surface area (Å²) >= 11 is 3.63. The number of piperidine rings is 1. The van der Waals surface area contributed by atoms with Gasteiger partial charge in [-0.1, -0.05) is 24.3 Å². The van der Waals surface area contributed by atoms with Crippen molar-refractivity contribution >= 4 is 38.5 Å². The number of aryl methyl sites for hydroxylation is 1. The summed E-state index contributed by atoms with van der Waals surface area (Å²) < 4.78 is 19.4. The van der Waals surface area contributed by atoms with Crippen LogP contribution in [0.25, 0.3) is 5.65 Å². The average molecular weight is 517 g/mol. The molecule has 2 aliphatic rings. The molecule has 1 aromatic carbocycles. The van der Waals surface area contributed by atoms with Crippen LogP contribution in [0.15, 0.2) is 41.1 Å². The van der Waals surface area contributed by atoms with Crippen molar-refractivity contribution in [3.8, 4) is 0 Å². The van der Waals surface area contributed by atoms with Crippen molar-refractivity contribution in [2.45, 2.75) is 57.7 Å². The molecule has 3 aromatic rings. The summed E-state index contributed by atoms with van der Waals surface area (Å²) in [6.45, 7) is 9.94. The molecule has 3 heterocycles. The van der Waals surface area contributed by atoms with Crippen LogP contribution >= 0.6 is 15.9 Å². The summed E-state index contributed by atoms with van der Waals surface area (Å²) in [7, 11) is -1.12. The summed E-state index contributed by atoms with van der Waals surface area (Å²) in [6, 6.07) is 8.78. The standard InChI is InChI=1S/C24H30BrN5OS/c1-16-19(25)21-26-11-14-30(21)22(27-16)29-12-9-24(10-13-29)15-17-7-5-6-8-18(17)20(24)28-32(31)23(2,3)4/h5-8,11,14,20,28H,9-10,12-13,15H2,1-4H3/t20-,32-/m1/s1. The minimum absolute atomic E-state index is 0.0690. The number of imidazole rings is 1. The minimum atomic E-state index is -1.12. The van der Waals surface area contributed by atoms with Crippen LogP contribution in [0.4, 0.5) is 5.95 Å². The van der Waals surface area contributed by atoms with Crippen molar-refractivity contribution in [2.75, 3.05) is 18.0 Å². The van der Waals surface area contributed by atoms with Gasteiger partial charge >= 0.3 is 0 Å². The van der Waals surface area contributed by atoms with Crippen molar-refractivity contribution in [1.29, 1.82) is 0 Å². The molecule has 0 bridgehead atoms. The molecule has 6 nitrogen and oxygen atoms in total. The fourth-order valence-electron chi connectivity index (χ4n) is 5.14. The van der Waals surface area contributed by atoms with Gasteiger partial charge in [0.05, 0.1) is 31.9 Å². The van der Waals surface area contributed by atoms with Gasteiger partial charge in [-0.25, -0.2) is 18.9 Å². The third kappa shape index (κ3) is 3.60. The molecule has 0 amide bonds. The summed E-state index contributed by atoms with van der Waals surface area (Å²) in [5.74, 6) is 0.950. The van der Waals surface area contributed by atoms with E-state index in [9.17, 15) is 4.21 Å². The molecule has 32 heavy (non-hydrogen) atoms. The van der Waals surface area contributed by atoms with Crippen molar-refractivity contribution in [2.24, 2.45) is 5.41 Å². The Hall–Kier alpha value is -1.77.